The van der Waals surface area contributed by atoms with E-state index < -0.39 is 0 Å². The van der Waals surface area contributed by atoms with Gasteiger partial charge in [0.2, 0.25) is 0 Å². The van der Waals surface area contributed by atoms with Gasteiger partial charge in [0.25, 0.3) is 5.91 Å². The Morgan fingerprint density at radius 1 is 1.38 bits per heavy atom. The lowest BCUT2D eigenvalue weighted by molar-refractivity contribution is 0.0726. The van der Waals surface area contributed by atoms with E-state index in [1.54, 1.807) is 31.1 Å². The lowest BCUT2D eigenvalue weighted by Gasteiger charge is -2.27. The van der Waals surface area contributed by atoms with Crippen molar-refractivity contribution in [3.63, 3.8) is 0 Å². The molecule has 1 aliphatic heterocycles. The number of carbonyl (C=O) groups is 1. The standard InChI is InChI=1S/C14H16N6O/c1-9-16-5-3-12(17-9)14(21)20-6-4-11-10(8-20)7-13(15-2)19-18-11/h3,5,7H,4,6,8H2,1-2H3,(H,15,19). The van der Waals surface area contributed by atoms with Crippen LogP contribution in [0.2, 0.25) is 0 Å². The fourth-order valence-electron chi connectivity index (χ4n) is 2.36. The van der Waals surface area contributed by atoms with Crippen molar-refractivity contribution in [3.05, 3.63) is 41.1 Å². The second-order valence-electron chi connectivity index (χ2n) is 4.92. The third-order valence-electron chi connectivity index (χ3n) is 3.48. The third kappa shape index (κ3) is 2.67. The van der Waals surface area contributed by atoms with Gasteiger partial charge in [0.1, 0.15) is 17.3 Å². The Balaban J connectivity index is 1.83. The number of amides is 1. The Labute approximate surface area is 122 Å². The van der Waals surface area contributed by atoms with E-state index in [2.05, 4.69) is 25.5 Å². The van der Waals surface area contributed by atoms with Crippen LogP contribution in [0.4, 0.5) is 5.82 Å². The summed E-state index contributed by atoms with van der Waals surface area (Å²) in [5, 5.41) is 11.2. The molecule has 2 aromatic heterocycles. The van der Waals surface area contributed by atoms with Crippen molar-refractivity contribution < 1.29 is 4.79 Å². The molecule has 1 N–H and O–H groups in total. The number of hydrogen-bond acceptors (Lipinski definition) is 6. The number of rotatable bonds is 2. The Hall–Kier alpha value is -2.57. The topological polar surface area (TPSA) is 83.9 Å². The molecule has 0 fully saturated rings. The molecule has 21 heavy (non-hydrogen) atoms. The molecule has 0 atom stereocenters. The predicted octanol–water partition coefficient (Wildman–Crippen LogP) is 0.815. The van der Waals surface area contributed by atoms with Crippen LogP contribution in [0.15, 0.2) is 18.3 Å². The van der Waals surface area contributed by atoms with Crippen molar-refractivity contribution in [1.29, 1.82) is 0 Å². The van der Waals surface area contributed by atoms with Crippen LogP contribution < -0.4 is 5.32 Å². The maximum Gasteiger partial charge on any atom is 0.272 e. The quantitative estimate of drug-likeness (QED) is 0.878. The largest absolute Gasteiger partial charge is 0.372 e. The van der Waals surface area contributed by atoms with E-state index in [0.717, 1.165) is 11.3 Å². The molecule has 3 rings (SSSR count). The van der Waals surface area contributed by atoms with E-state index in [9.17, 15) is 4.79 Å². The molecule has 0 spiro atoms. The fraction of sp³-hybridized carbons (Fsp3) is 0.357. The normalized spacial score (nSPS) is 13.7. The molecule has 0 aromatic carbocycles. The lowest BCUT2D eigenvalue weighted by Crippen LogP contribution is -2.37. The smallest absolute Gasteiger partial charge is 0.272 e. The molecular weight excluding hydrogens is 268 g/mol. The minimum atomic E-state index is -0.0750. The number of aromatic nitrogens is 4. The summed E-state index contributed by atoms with van der Waals surface area (Å²) in [6.07, 6.45) is 2.32. The van der Waals surface area contributed by atoms with Gasteiger partial charge in [0.05, 0.1) is 5.69 Å². The summed E-state index contributed by atoms with van der Waals surface area (Å²) in [5.74, 6) is 1.23. The summed E-state index contributed by atoms with van der Waals surface area (Å²) in [4.78, 5) is 22.5. The molecule has 7 nitrogen and oxygen atoms in total. The molecule has 108 valence electrons. The number of nitrogens with zero attached hydrogens (tertiary/aromatic N) is 5. The lowest BCUT2D eigenvalue weighted by atomic mass is 10.1. The fourth-order valence-corrected chi connectivity index (χ4v) is 2.36. The first-order valence-corrected chi connectivity index (χ1v) is 6.79. The maximum atomic E-state index is 12.5. The average Bonchev–Trinajstić information content (AvgIpc) is 2.53. The van der Waals surface area contributed by atoms with E-state index >= 15 is 0 Å². The number of nitrogens with one attached hydrogen (secondary N) is 1. The zero-order valence-electron chi connectivity index (χ0n) is 12.0. The molecule has 0 saturated carbocycles. The van der Waals surface area contributed by atoms with Crippen molar-refractivity contribution in [2.75, 3.05) is 18.9 Å². The van der Waals surface area contributed by atoms with Crippen LogP contribution >= 0.6 is 0 Å². The Morgan fingerprint density at radius 3 is 3.00 bits per heavy atom. The van der Waals surface area contributed by atoms with Gasteiger partial charge in [-0.1, -0.05) is 0 Å². The monoisotopic (exact) mass is 284 g/mol. The third-order valence-corrected chi connectivity index (χ3v) is 3.48. The number of anilines is 1. The molecule has 0 radical (unpaired) electrons. The van der Waals surface area contributed by atoms with Crippen LogP contribution in [0.5, 0.6) is 0 Å². The molecule has 0 aliphatic carbocycles. The first-order chi connectivity index (χ1) is 10.2. The van der Waals surface area contributed by atoms with Crippen LogP contribution in [0, 0.1) is 6.92 Å². The van der Waals surface area contributed by atoms with E-state index in [0.29, 0.717) is 36.8 Å². The second-order valence-corrected chi connectivity index (χ2v) is 4.92. The first kappa shape index (κ1) is 13.4. The van der Waals surface area contributed by atoms with Gasteiger partial charge in [0, 0.05) is 32.8 Å². The summed E-state index contributed by atoms with van der Waals surface area (Å²) in [7, 11) is 1.80. The zero-order chi connectivity index (χ0) is 14.8. The minimum absolute atomic E-state index is 0.0750. The van der Waals surface area contributed by atoms with Gasteiger partial charge in [-0.2, -0.15) is 5.10 Å². The molecule has 7 heteroatoms. The number of carbonyl (C=O) groups excluding carboxylic acids is 1. The second kappa shape index (κ2) is 5.43. The van der Waals surface area contributed by atoms with E-state index in [1.807, 2.05) is 6.07 Å². The van der Waals surface area contributed by atoms with E-state index in [1.165, 1.54) is 0 Å². The van der Waals surface area contributed by atoms with Crippen molar-refractivity contribution in [2.45, 2.75) is 19.9 Å². The van der Waals surface area contributed by atoms with Crippen molar-refractivity contribution in [1.82, 2.24) is 25.1 Å². The molecule has 0 unspecified atom stereocenters. The number of fused-ring (bicyclic) bond motifs is 1. The summed E-state index contributed by atoms with van der Waals surface area (Å²) < 4.78 is 0. The van der Waals surface area contributed by atoms with Crippen molar-refractivity contribution >= 4 is 11.7 Å². The maximum absolute atomic E-state index is 12.5. The highest BCUT2D eigenvalue weighted by atomic mass is 16.2. The van der Waals surface area contributed by atoms with Gasteiger partial charge in [-0.05, 0) is 24.6 Å². The van der Waals surface area contributed by atoms with Gasteiger partial charge in [-0.15, -0.1) is 5.10 Å². The van der Waals surface area contributed by atoms with Gasteiger partial charge in [-0.3, -0.25) is 4.79 Å². The van der Waals surface area contributed by atoms with Crippen LogP contribution in [-0.4, -0.2) is 44.6 Å². The number of aryl methyl sites for hydroxylation is 1. The minimum Gasteiger partial charge on any atom is -0.372 e. The molecular formula is C14H16N6O. The molecule has 3 heterocycles. The number of hydrogen-bond donors (Lipinski definition) is 1. The van der Waals surface area contributed by atoms with Gasteiger partial charge >= 0.3 is 0 Å². The van der Waals surface area contributed by atoms with Crippen LogP contribution in [0.25, 0.3) is 0 Å². The van der Waals surface area contributed by atoms with Crippen molar-refractivity contribution in [3.8, 4) is 0 Å². The van der Waals surface area contributed by atoms with Crippen LogP contribution in [-0.2, 0) is 13.0 Å². The molecule has 1 amide bonds. The van der Waals surface area contributed by atoms with Gasteiger partial charge in [-0.25, -0.2) is 9.97 Å². The van der Waals surface area contributed by atoms with Crippen molar-refractivity contribution in [2.24, 2.45) is 0 Å². The SMILES string of the molecule is CNc1cc2c(nn1)CCN(C(=O)c1ccnc(C)n1)C2. The van der Waals surface area contributed by atoms with Crippen LogP contribution in [0.3, 0.4) is 0 Å². The Kier molecular flexibility index (Phi) is 3.47. The molecule has 1 aliphatic rings. The molecule has 2 aromatic rings. The van der Waals surface area contributed by atoms with Crippen LogP contribution in [0.1, 0.15) is 27.6 Å². The summed E-state index contributed by atoms with van der Waals surface area (Å²) in [6.45, 7) is 2.93. The predicted molar refractivity (Wildman–Crippen MR) is 76.8 cm³/mol. The highest BCUT2D eigenvalue weighted by Crippen LogP contribution is 2.20. The average molecular weight is 284 g/mol. The highest BCUT2D eigenvalue weighted by molar-refractivity contribution is 5.92. The van der Waals surface area contributed by atoms with E-state index in [4.69, 9.17) is 0 Å². The summed E-state index contributed by atoms with van der Waals surface area (Å²) in [6, 6.07) is 3.58. The highest BCUT2D eigenvalue weighted by Gasteiger charge is 2.24. The van der Waals surface area contributed by atoms with E-state index in [-0.39, 0.29) is 5.91 Å². The first-order valence-electron chi connectivity index (χ1n) is 6.79. The van der Waals surface area contributed by atoms with Gasteiger partial charge in [0.15, 0.2) is 0 Å². The summed E-state index contributed by atoms with van der Waals surface area (Å²) >= 11 is 0. The zero-order valence-corrected chi connectivity index (χ0v) is 12.0. The molecule has 0 saturated heterocycles. The Bertz CT molecular complexity index is 687. The molecule has 0 bridgehead atoms. The Morgan fingerprint density at radius 2 is 2.24 bits per heavy atom. The van der Waals surface area contributed by atoms with Gasteiger partial charge < -0.3 is 10.2 Å². The summed E-state index contributed by atoms with van der Waals surface area (Å²) in [5.41, 5.74) is 2.42.